The summed E-state index contributed by atoms with van der Waals surface area (Å²) in [6.45, 7) is 7.15. The first kappa shape index (κ1) is 18.2. The molecule has 2 amide bonds. The van der Waals surface area contributed by atoms with Crippen LogP contribution in [0.15, 0.2) is 48.5 Å². The smallest absolute Gasteiger partial charge is 0.252 e. The van der Waals surface area contributed by atoms with Gasteiger partial charge < -0.3 is 10.2 Å². The summed E-state index contributed by atoms with van der Waals surface area (Å²) < 4.78 is 0. The summed E-state index contributed by atoms with van der Waals surface area (Å²) in [5, 5.41) is 2.96. The predicted molar refractivity (Wildman–Crippen MR) is 103 cm³/mol. The zero-order chi connectivity index (χ0) is 18.7. The molecule has 0 saturated heterocycles. The van der Waals surface area contributed by atoms with Crippen molar-refractivity contribution >= 4 is 11.8 Å². The average Bonchev–Trinajstić information content (AvgIpc) is 2.65. The van der Waals surface area contributed by atoms with Gasteiger partial charge in [0.05, 0.1) is 0 Å². The van der Waals surface area contributed by atoms with Crippen LogP contribution in [0.4, 0.5) is 0 Å². The Morgan fingerprint density at radius 3 is 2.35 bits per heavy atom. The molecule has 26 heavy (non-hydrogen) atoms. The Morgan fingerprint density at radius 2 is 1.65 bits per heavy atom. The molecule has 136 valence electrons. The van der Waals surface area contributed by atoms with E-state index in [1.165, 1.54) is 11.1 Å². The maximum Gasteiger partial charge on any atom is 0.252 e. The highest BCUT2D eigenvalue weighted by Crippen LogP contribution is 2.20. The Labute approximate surface area is 155 Å². The minimum Gasteiger partial charge on any atom is -0.340 e. The van der Waals surface area contributed by atoms with Gasteiger partial charge in [-0.15, -0.1) is 0 Å². The molecular weight excluding hydrogens is 324 g/mol. The predicted octanol–water partition coefficient (Wildman–Crippen LogP) is 3.33. The fraction of sp³-hybridized carbons (Fsp3) is 0.364. The highest BCUT2D eigenvalue weighted by atomic mass is 16.2. The lowest BCUT2D eigenvalue weighted by molar-refractivity contribution is -0.135. The molecule has 0 bridgehead atoms. The van der Waals surface area contributed by atoms with E-state index in [2.05, 4.69) is 17.4 Å². The zero-order valence-corrected chi connectivity index (χ0v) is 15.7. The number of carbonyl (C=O) groups is 2. The maximum atomic E-state index is 13.1. The number of nitrogens with one attached hydrogen (secondary N) is 1. The van der Waals surface area contributed by atoms with Crippen LogP contribution in [-0.2, 0) is 17.8 Å². The third kappa shape index (κ3) is 3.79. The fourth-order valence-electron chi connectivity index (χ4n) is 3.44. The molecule has 0 fully saturated rings. The summed E-state index contributed by atoms with van der Waals surface area (Å²) in [6.07, 6.45) is 0.860. The van der Waals surface area contributed by atoms with Crippen molar-refractivity contribution in [3.8, 4) is 0 Å². The van der Waals surface area contributed by atoms with E-state index in [1.54, 1.807) is 6.07 Å². The Morgan fingerprint density at radius 1 is 1.00 bits per heavy atom. The summed E-state index contributed by atoms with van der Waals surface area (Å²) in [5.74, 6) is -0.170. The number of benzene rings is 2. The van der Waals surface area contributed by atoms with Crippen LogP contribution in [0.2, 0.25) is 0 Å². The van der Waals surface area contributed by atoms with E-state index < -0.39 is 6.04 Å². The van der Waals surface area contributed by atoms with Gasteiger partial charge in [0, 0.05) is 18.7 Å². The molecule has 1 N–H and O–H groups in total. The van der Waals surface area contributed by atoms with Crippen LogP contribution in [0.1, 0.15) is 40.9 Å². The van der Waals surface area contributed by atoms with E-state index in [0.717, 1.165) is 12.0 Å². The Balaban J connectivity index is 1.75. The third-order valence-electron chi connectivity index (χ3n) is 5.05. The lowest BCUT2D eigenvalue weighted by atomic mass is 9.97. The first-order valence-corrected chi connectivity index (χ1v) is 9.19. The first-order chi connectivity index (χ1) is 12.5. The summed E-state index contributed by atoms with van der Waals surface area (Å²) in [7, 11) is 0. The average molecular weight is 350 g/mol. The van der Waals surface area contributed by atoms with Gasteiger partial charge in [0.25, 0.3) is 5.91 Å². The minimum absolute atomic E-state index is 0.00330. The first-order valence-electron chi connectivity index (χ1n) is 9.19. The van der Waals surface area contributed by atoms with Crippen LogP contribution in [0.25, 0.3) is 0 Å². The number of amides is 2. The van der Waals surface area contributed by atoms with Crippen molar-refractivity contribution in [1.82, 2.24) is 10.2 Å². The van der Waals surface area contributed by atoms with Gasteiger partial charge in [-0.25, -0.2) is 0 Å². The van der Waals surface area contributed by atoms with Crippen LogP contribution in [-0.4, -0.2) is 29.3 Å². The molecule has 4 nitrogen and oxygen atoms in total. The second kappa shape index (κ2) is 7.73. The van der Waals surface area contributed by atoms with E-state index in [1.807, 2.05) is 56.0 Å². The van der Waals surface area contributed by atoms with Crippen molar-refractivity contribution in [2.45, 2.75) is 39.8 Å². The van der Waals surface area contributed by atoms with Gasteiger partial charge in [-0.1, -0.05) is 56.3 Å². The van der Waals surface area contributed by atoms with Gasteiger partial charge in [0.1, 0.15) is 6.04 Å². The summed E-state index contributed by atoms with van der Waals surface area (Å²) in [5.41, 5.74) is 4.03. The number of fused-ring (bicyclic) bond motifs is 1. The summed E-state index contributed by atoms with van der Waals surface area (Å²) in [4.78, 5) is 27.7. The Hall–Kier alpha value is -2.62. The van der Waals surface area contributed by atoms with Crippen LogP contribution in [0, 0.1) is 12.8 Å². The van der Waals surface area contributed by atoms with Crippen molar-refractivity contribution in [2.24, 2.45) is 5.92 Å². The van der Waals surface area contributed by atoms with E-state index in [-0.39, 0.29) is 17.7 Å². The Kier molecular flexibility index (Phi) is 5.40. The van der Waals surface area contributed by atoms with Crippen LogP contribution in [0.5, 0.6) is 0 Å². The molecule has 2 aromatic carbocycles. The molecule has 0 saturated carbocycles. The van der Waals surface area contributed by atoms with Gasteiger partial charge in [-0.05, 0) is 42.0 Å². The quantitative estimate of drug-likeness (QED) is 0.919. The molecule has 1 unspecified atom stereocenters. The largest absolute Gasteiger partial charge is 0.340 e. The van der Waals surface area contributed by atoms with Gasteiger partial charge in [-0.2, -0.15) is 0 Å². The highest BCUT2D eigenvalue weighted by Gasteiger charge is 2.30. The van der Waals surface area contributed by atoms with E-state index in [9.17, 15) is 9.59 Å². The van der Waals surface area contributed by atoms with Crippen LogP contribution >= 0.6 is 0 Å². The number of carbonyl (C=O) groups excluding carboxylic acids is 2. The molecule has 0 spiro atoms. The molecular formula is C22H26N2O2. The number of rotatable bonds is 4. The van der Waals surface area contributed by atoms with Gasteiger partial charge in [-0.3, -0.25) is 9.59 Å². The number of aryl methyl sites for hydroxylation is 1. The summed E-state index contributed by atoms with van der Waals surface area (Å²) >= 11 is 0. The topological polar surface area (TPSA) is 49.4 Å². The van der Waals surface area contributed by atoms with Gasteiger partial charge >= 0.3 is 0 Å². The lowest BCUT2D eigenvalue weighted by Gasteiger charge is -2.33. The molecule has 1 atom stereocenters. The fourth-order valence-corrected chi connectivity index (χ4v) is 3.44. The van der Waals surface area contributed by atoms with Crippen molar-refractivity contribution in [3.05, 3.63) is 70.8 Å². The normalized spacial score (nSPS) is 14.7. The molecule has 0 radical (unpaired) electrons. The molecule has 1 aliphatic heterocycles. The third-order valence-corrected chi connectivity index (χ3v) is 5.05. The molecule has 4 heteroatoms. The van der Waals surface area contributed by atoms with Crippen molar-refractivity contribution in [3.63, 3.8) is 0 Å². The van der Waals surface area contributed by atoms with Gasteiger partial charge in [0.15, 0.2) is 0 Å². The van der Waals surface area contributed by atoms with Gasteiger partial charge in [0.2, 0.25) is 5.91 Å². The second-order valence-corrected chi connectivity index (χ2v) is 7.29. The monoisotopic (exact) mass is 350 g/mol. The highest BCUT2D eigenvalue weighted by molar-refractivity contribution is 5.98. The molecule has 2 aromatic rings. The standard InChI is InChI=1S/C22H26N2O2/c1-15(2)20(23-21(25)19-11-7-4-8-16(19)3)22(26)24-13-12-17-9-5-6-10-18(17)14-24/h4-11,15,20H,12-14H2,1-3H3,(H,23,25). The molecule has 1 heterocycles. The maximum absolute atomic E-state index is 13.1. The molecule has 3 rings (SSSR count). The lowest BCUT2D eigenvalue weighted by Crippen LogP contribution is -2.52. The molecule has 0 aliphatic carbocycles. The van der Waals surface area contributed by atoms with Crippen molar-refractivity contribution in [1.29, 1.82) is 0 Å². The number of nitrogens with zero attached hydrogens (tertiary/aromatic N) is 1. The van der Waals surface area contributed by atoms with E-state index in [4.69, 9.17) is 0 Å². The number of hydrogen-bond donors (Lipinski definition) is 1. The Bertz CT molecular complexity index is 813. The number of hydrogen-bond acceptors (Lipinski definition) is 2. The van der Waals surface area contributed by atoms with E-state index in [0.29, 0.717) is 18.7 Å². The van der Waals surface area contributed by atoms with Crippen molar-refractivity contribution in [2.75, 3.05) is 6.54 Å². The molecule has 0 aromatic heterocycles. The second-order valence-electron chi connectivity index (χ2n) is 7.29. The SMILES string of the molecule is Cc1ccccc1C(=O)NC(C(=O)N1CCc2ccccc2C1)C(C)C. The summed E-state index contributed by atoms with van der Waals surface area (Å²) in [6, 6.07) is 15.2. The van der Waals surface area contributed by atoms with E-state index >= 15 is 0 Å². The minimum atomic E-state index is -0.521. The zero-order valence-electron chi connectivity index (χ0n) is 15.7. The molecule has 1 aliphatic rings. The van der Waals surface area contributed by atoms with Crippen LogP contribution < -0.4 is 5.32 Å². The van der Waals surface area contributed by atoms with Crippen LogP contribution in [0.3, 0.4) is 0 Å². The van der Waals surface area contributed by atoms with Crippen molar-refractivity contribution < 1.29 is 9.59 Å².